The normalized spacial score (nSPS) is 15.8. The topological polar surface area (TPSA) is 161 Å². The van der Waals surface area contributed by atoms with Crippen molar-refractivity contribution >= 4 is 47.0 Å². The van der Waals surface area contributed by atoms with Gasteiger partial charge in [-0.1, -0.05) is 41.1 Å². The highest BCUT2D eigenvalue weighted by Gasteiger charge is 2.30. The monoisotopic (exact) mass is 779 g/mol. The number of alkyl carbamates (subject to hydrolysis) is 1. The smallest absolute Gasteiger partial charge is 0.407 e. The van der Waals surface area contributed by atoms with Crippen molar-refractivity contribution in [3.8, 4) is 23.1 Å². The highest BCUT2D eigenvalue weighted by Crippen LogP contribution is 2.32. The molecule has 15 heteroatoms. The van der Waals surface area contributed by atoms with Gasteiger partial charge in [-0.25, -0.2) is 4.79 Å². The Morgan fingerprint density at radius 2 is 1.76 bits per heavy atom. The number of nitrogens with one attached hydrogen (secondary N) is 2. The molecule has 0 aliphatic carbocycles. The number of carbonyl (C=O) groups is 4. The predicted octanol–water partition coefficient (Wildman–Crippen LogP) is 4.38. The molecule has 0 radical (unpaired) electrons. The summed E-state index contributed by atoms with van der Waals surface area (Å²) in [6.45, 7) is 12.7. The van der Waals surface area contributed by atoms with Gasteiger partial charge in [-0.3, -0.25) is 24.0 Å². The summed E-state index contributed by atoms with van der Waals surface area (Å²) in [5.41, 5.74) is 9.42. The molecule has 54 heavy (non-hydrogen) atoms. The fourth-order valence-electron chi connectivity index (χ4n) is 6.33. The van der Waals surface area contributed by atoms with E-state index in [2.05, 4.69) is 34.3 Å². The minimum absolute atomic E-state index is 0.201. The molecule has 4 N–H and O–H groups in total. The number of hydrogen-bond acceptors (Lipinski definition) is 8. The van der Waals surface area contributed by atoms with E-state index in [0.29, 0.717) is 66.9 Å². The van der Waals surface area contributed by atoms with Crippen LogP contribution in [0.2, 0.25) is 10.0 Å². The number of rotatable bonds is 10. The summed E-state index contributed by atoms with van der Waals surface area (Å²) in [7, 11) is 0. The number of nitrogens with zero attached hydrogens (tertiary/aromatic N) is 4. The number of primary amides is 1. The zero-order chi connectivity index (χ0) is 39.0. The van der Waals surface area contributed by atoms with E-state index in [1.54, 1.807) is 45.0 Å². The average molecular weight is 781 g/mol. The first-order chi connectivity index (χ1) is 25.7. The maximum atomic E-state index is 13.0. The molecule has 2 aliphatic rings. The first-order valence-corrected chi connectivity index (χ1v) is 18.8. The molecule has 0 bridgehead atoms. The van der Waals surface area contributed by atoms with Gasteiger partial charge in [0.2, 0.25) is 0 Å². The summed E-state index contributed by atoms with van der Waals surface area (Å²) >= 11 is 13.0. The molecular formula is C39H47Cl2N7O6. The third-order valence-electron chi connectivity index (χ3n) is 9.05. The van der Waals surface area contributed by atoms with Crippen LogP contribution in [0, 0.1) is 11.8 Å². The summed E-state index contributed by atoms with van der Waals surface area (Å²) in [6.07, 6.45) is 1.39. The predicted molar refractivity (Wildman–Crippen MR) is 206 cm³/mol. The van der Waals surface area contributed by atoms with Gasteiger partial charge in [0.25, 0.3) is 5.91 Å². The molecule has 0 unspecified atom stereocenters. The average Bonchev–Trinajstić information content (AvgIpc) is 3.48. The van der Waals surface area contributed by atoms with Crippen LogP contribution in [0.3, 0.4) is 0 Å². The number of ether oxygens (including phenoxy) is 2. The molecule has 0 saturated carbocycles. The maximum absolute atomic E-state index is 13.0. The summed E-state index contributed by atoms with van der Waals surface area (Å²) in [4.78, 5) is 53.1. The third-order valence-corrected chi connectivity index (χ3v) is 9.71. The van der Waals surface area contributed by atoms with Crippen LogP contribution >= 0.6 is 23.2 Å². The van der Waals surface area contributed by atoms with E-state index in [1.165, 1.54) is 4.90 Å². The summed E-state index contributed by atoms with van der Waals surface area (Å²) in [5.74, 6) is 4.14. The second-order valence-electron chi connectivity index (χ2n) is 14.3. The number of nitrogens with two attached hydrogens (primary N) is 1. The Bertz CT molecular complexity index is 1950. The SMILES string of the molecule is C[C@H]1COCCN1CCCn1nc(-c2ccc(Cl)c(C#Cc3ccc(Cl)c(C(=O)NCCCNC(=O)OC(C)(C)C)c3)c2)c2c1CCN(C(=O)C(N)=O)C2. The Morgan fingerprint density at radius 3 is 2.50 bits per heavy atom. The second-order valence-corrected chi connectivity index (χ2v) is 15.1. The standard InChI is InChI=1S/C39H47Cl2N7O6/c1-25-24-53-20-19-46(25)16-6-17-48-33-13-18-47(37(51)35(42)49)23-30(33)34(45-48)28-10-12-31(40)27(22-28)9-7-26-8-11-32(41)29(21-26)36(50)43-14-5-15-44-38(52)54-39(2,3)4/h8,10-12,21-22,25H,5-6,13-20,23-24H2,1-4H3,(H2,42,49)(H,43,50)(H,44,52)/t25-/m0/s1. The van der Waals surface area contributed by atoms with E-state index in [0.717, 1.165) is 49.5 Å². The number of hydrogen-bond donors (Lipinski definition) is 3. The fraction of sp³-hybridized carbons (Fsp3) is 0.462. The van der Waals surface area contributed by atoms with Gasteiger partial charge in [-0.2, -0.15) is 5.10 Å². The Balaban J connectivity index is 1.32. The number of carbonyl (C=O) groups excluding carboxylic acids is 4. The van der Waals surface area contributed by atoms with Crippen molar-refractivity contribution in [1.82, 2.24) is 30.2 Å². The van der Waals surface area contributed by atoms with Crippen LogP contribution in [0.25, 0.3) is 11.3 Å². The van der Waals surface area contributed by atoms with Gasteiger partial charge < -0.3 is 30.7 Å². The van der Waals surface area contributed by atoms with E-state index in [4.69, 9.17) is 43.5 Å². The van der Waals surface area contributed by atoms with E-state index in [9.17, 15) is 19.2 Å². The van der Waals surface area contributed by atoms with Crippen LogP contribution in [-0.4, -0.2) is 101 Å². The zero-order valence-corrected chi connectivity index (χ0v) is 32.6. The Kier molecular flexibility index (Phi) is 13.6. The minimum Gasteiger partial charge on any atom is -0.444 e. The molecule has 1 saturated heterocycles. The maximum Gasteiger partial charge on any atom is 0.407 e. The van der Waals surface area contributed by atoms with Crippen LogP contribution < -0.4 is 16.4 Å². The van der Waals surface area contributed by atoms with Gasteiger partial charge in [-0.05, 0) is 70.9 Å². The number of fused-ring (bicyclic) bond motifs is 1. The highest BCUT2D eigenvalue weighted by molar-refractivity contribution is 6.34. The molecular weight excluding hydrogens is 733 g/mol. The first-order valence-electron chi connectivity index (χ1n) is 18.1. The number of halogens is 2. The molecule has 1 aromatic heterocycles. The summed E-state index contributed by atoms with van der Waals surface area (Å²) < 4.78 is 12.8. The van der Waals surface area contributed by atoms with Crippen LogP contribution in [0.1, 0.15) is 73.3 Å². The van der Waals surface area contributed by atoms with Gasteiger partial charge in [0.15, 0.2) is 0 Å². The van der Waals surface area contributed by atoms with E-state index in [1.807, 2.05) is 16.8 Å². The molecule has 1 fully saturated rings. The number of amides is 4. The molecule has 4 amide bonds. The van der Waals surface area contributed by atoms with Crippen molar-refractivity contribution in [3.63, 3.8) is 0 Å². The van der Waals surface area contributed by atoms with Gasteiger partial charge in [0.1, 0.15) is 5.60 Å². The van der Waals surface area contributed by atoms with Crippen molar-refractivity contribution < 1.29 is 28.7 Å². The lowest BCUT2D eigenvalue weighted by Crippen LogP contribution is -2.44. The fourth-order valence-corrected chi connectivity index (χ4v) is 6.70. The van der Waals surface area contributed by atoms with Crippen LogP contribution in [0.4, 0.5) is 4.79 Å². The van der Waals surface area contributed by atoms with Crippen molar-refractivity contribution in [2.24, 2.45) is 5.73 Å². The van der Waals surface area contributed by atoms with Gasteiger partial charge in [-0.15, -0.1) is 0 Å². The third kappa shape index (κ3) is 10.8. The minimum atomic E-state index is -0.994. The largest absolute Gasteiger partial charge is 0.444 e. The lowest BCUT2D eigenvalue weighted by atomic mass is 9.99. The Hall–Kier alpha value is -4.61. The van der Waals surface area contributed by atoms with Crippen LogP contribution in [0.15, 0.2) is 36.4 Å². The van der Waals surface area contributed by atoms with Crippen LogP contribution in [0.5, 0.6) is 0 Å². The molecule has 2 aliphatic heterocycles. The molecule has 5 rings (SSSR count). The van der Waals surface area contributed by atoms with Gasteiger partial charge in [0.05, 0.1) is 41.1 Å². The zero-order valence-electron chi connectivity index (χ0n) is 31.1. The van der Waals surface area contributed by atoms with E-state index < -0.39 is 23.5 Å². The Morgan fingerprint density at radius 1 is 1.00 bits per heavy atom. The molecule has 13 nitrogen and oxygen atoms in total. The van der Waals surface area contributed by atoms with Crippen molar-refractivity contribution in [1.29, 1.82) is 0 Å². The van der Waals surface area contributed by atoms with Crippen molar-refractivity contribution in [2.45, 2.75) is 71.7 Å². The van der Waals surface area contributed by atoms with Crippen LogP contribution in [-0.2, 0) is 38.6 Å². The quantitative estimate of drug-likeness (QED) is 0.155. The van der Waals surface area contributed by atoms with Gasteiger partial charge >= 0.3 is 17.9 Å². The summed E-state index contributed by atoms with van der Waals surface area (Å²) in [5, 5.41) is 11.2. The van der Waals surface area contributed by atoms with E-state index in [-0.39, 0.29) is 23.0 Å². The lowest BCUT2D eigenvalue weighted by Gasteiger charge is -2.33. The van der Waals surface area contributed by atoms with Gasteiger partial charge in [0, 0.05) is 79.7 Å². The van der Waals surface area contributed by atoms with E-state index >= 15 is 0 Å². The number of aromatic nitrogens is 2. The summed E-state index contributed by atoms with van der Waals surface area (Å²) in [6, 6.07) is 10.8. The lowest BCUT2D eigenvalue weighted by molar-refractivity contribution is -0.144. The molecule has 2 aromatic carbocycles. The molecule has 288 valence electrons. The molecule has 3 heterocycles. The highest BCUT2D eigenvalue weighted by atomic mass is 35.5. The van der Waals surface area contributed by atoms with Crippen molar-refractivity contribution in [3.05, 3.63) is 74.4 Å². The number of benzene rings is 2. The first kappa shape index (κ1) is 40.6. The van der Waals surface area contributed by atoms with Crippen molar-refractivity contribution in [2.75, 3.05) is 45.9 Å². The number of aryl methyl sites for hydroxylation is 1. The molecule has 0 spiro atoms. The second kappa shape index (κ2) is 18.1. The number of morpholine rings is 1. The molecule has 1 atom stereocenters. The molecule has 3 aromatic rings. The Labute approximate surface area is 325 Å².